The molecule has 0 unspecified atom stereocenters. The fourth-order valence-corrected chi connectivity index (χ4v) is 2.52. The Morgan fingerprint density at radius 1 is 1.43 bits per heavy atom. The predicted octanol–water partition coefficient (Wildman–Crippen LogP) is 3.60. The van der Waals surface area contributed by atoms with Crippen LogP contribution in [-0.2, 0) is 12.8 Å². The molecular weight excluding hydrogens is 395 g/mol. The molecule has 21 heavy (non-hydrogen) atoms. The maximum absolute atomic E-state index is 5.89. The zero-order chi connectivity index (χ0) is 14.4. The van der Waals surface area contributed by atoms with Crippen LogP contribution in [0.3, 0.4) is 0 Å². The van der Waals surface area contributed by atoms with Crippen molar-refractivity contribution >= 4 is 47.0 Å². The van der Waals surface area contributed by atoms with Crippen LogP contribution in [0.2, 0.25) is 0 Å². The van der Waals surface area contributed by atoms with Crippen LogP contribution in [0, 0.1) is 6.92 Å². The number of thiazole rings is 1. The Bertz CT molecular complexity index is 595. The molecule has 0 saturated carbocycles. The van der Waals surface area contributed by atoms with E-state index in [0.29, 0.717) is 12.5 Å². The van der Waals surface area contributed by atoms with Gasteiger partial charge < -0.3 is 11.1 Å². The fourth-order valence-electron chi connectivity index (χ4n) is 1.87. The van der Waals surface area contributed by atoms with Gasteiger partial charge in [0.25, 0.3) is 0 Å². The Morgan fingerprint density at radius 3 is 2.90 bits per heavy atom. The lowest BCUT2D eigenvalue weighted by molar-refractivity contribution is 0.927. The number of hydrogen-bond donors (Lipinski definition) is 2. The number of hydrogen-bond acceptors (Lipinski definition) is 3. The molecule has 0 saturated heterocycles. The van der Waals surface area contributed by atoms with Gasteiger partial charge in [0.2, 0.25) is 0 Å². The summed E-state index contributed by atoms with van der Waals surface area (Å²) < 4.78 is 0. The summed E-state index contributed by atoms with van der Waals surface area (Å²) in [6.07, 6.45) is 1.83. The summed E-state index contributed by atoms with van der Waals surface area (Å²) in [5.74, 6) is 0.449. The SMILES string of the molecule is CCc1cccc(NC(N)=NCCc2csc(C)n2)c1.I. The van der Waals surface area contributed by atoms with E-state index in [1.807, 2.05) is 19.1 Å². The fraction of sp³-hybridized carbons (Fsp3) is 0.333. The molecule has 4 nitrogen and oxygen atoms in total. The second-order valence-corrected chi connectivity index (χ2v) is 5.62. The smallest absolute Gasteiger partial charge is 0.193 e. The van der Waals surface area contributed by atoms with Crippen molar-refractivity contribution in [2.45, 2.75) is 26.7 Å². The lowest BCUT2D eigenvalue weighted by Crippen LogP contribution is -2.23. The third-order valence-electron chi connectivity index (χ3n) is 2.92. The zero-order valence-electron chi connectivity index (χ0n) is 12.3. The summed E-state index contributed by atoms with van der Waals surface area (Å²) in [4.78, 5) is 8.73. The number of nitrogens with zero attached hydrogens (tertiary/aromatic N) is 2. The molecule has 0 aliphatic carbocycles. The van der Waals surface area contributed by atoms with E-state index in [2.05, 4.69) is 39.7 Å². The Kier molecular flexibility index (Phi) is 7.66. The minimum atomic E-state index is 0. The Hall–Kier alpha value is -1.15. The third kappa shape index (κ3) is 6.01. The van der Waals surface area contributed by atoms with Crippen molar-refractivity contribution in [3.05, 3.63) is 45.9 Å². The standard InChI is InChI=1S/C15H20N4S.HI/c1-3-12-5-4-6-13(9-12)19-15(16)17-8-7-14-10-20-11(2)18-14;/h4-6,9-10H,3,7-8H2,1-2H3,(H3,16,17,19);1H. The van der Waals surface area contributed by atoms with Crippen LogP contribution in [0.1, 0.15) is 23.2 Å². The maximum atomic E-state index is 5.89. The molecule has 114 valence electrons. The second-order valence-electron chi connectivity index (χ2n) is 4.55. The molecule has 6 heteroatoms. The van der Waals surface area contributed by atoms with Crippen molar-refractivity contribution in [2.24, 2.45) is 10.7 Å². The summed E-state index contributed by atoms with van der Waals surface area (Å²) in [6.45, 7) is 4.79. The molecular formula is C15H21IN4S. The van der Waals surface area contributed by atoms with Gasteiger partial charge in [-0.1, -0.05) is 19.1 Å². The molecule has 0 aliphatic rings. The lowest BCUT2D eigenvalue weighted by Gasteiger charge is -2.06. The van der Waals surface area contributed by atoms with E-state index in [4.69, 9.17) is 5.73 Å². The Labute approximate surface area is 146 Å². The highest BCUT2D eigenvalue weighted by molar-refractivity contribution is 14.0. The first-order valence-electron chi connectivity index (χ1n) is 6.74. The molecule has 3 N–H and O–H groups in total. The Balaban J connectivity index is 0.00000220. The van der Waals surface area contributed by atoms with E-state index in [-0.39, 0.29) is 24.0 Å². The molecule has 0 radical (unpaired) electrons. The van der Waals surface area contributed by atoms with Gasteiger partial charge in [-0.05, 0) is 31.0 Å². The van der Waals surface area contributed by atoms with Gasteiger partial charge in [0.05, 0.1) is 10.7 Å². The van der Waals surface area contributed by atoms with Gasteiger partial charge in [-0.15, -0.1) is 35.3 Å². The van der Waals surface area contributed by atoms with Gasteiger partial charge in [0.1, 0.15) is 0 Å². The van der Waals surface area contributed by atoms with Crippen molar-refractivity contribution in [3.63, 3.8) is 0 Å². The highest BCUT2D eigenvalue weighted by Crippen LogP contribution is 2.11. The Morgan fingerprint density at radius 2 is 2.24 bits per heavy atom. The highest BCUT2D eigenvalue weighted by atomic mass is 127. The first-order chi connectivity index (χ1) is 9.67. The van der Waals surface area contributed by atoms with Gasteiger partial charge in [-0.2, -0.15) is 0 Å². The molecule has 0 aliphatic heterocycles. The summed E-state index contributed by atoms with van der Waals surface area (Å²) in [6, 6.07) is 8.20. The van der Waals surface area contributed by atoms with Crippen molar-refractivity contribution in [3.8, 4) is 0 Å². The number of aromatic nitrogens is 1. The lowest BCUT2D eigenvalue weighted by atomic mass is 10.1. The highest BCUT2D eigenvalue weighted by Gasteiger charge is 1.99. The van der Waals surface area contributed by atoms with Crippen molar-refractivity contribution in [2.75, 3.05) is 11.9 Å². The number of anilines is 1. The topological polar surface area (TPSA) is 63.3 Å². The molecule has 0 fully saturated rings. The van der Waals surface area contributed by atoms with Crippen LogP contribution in [0.25, 0.3) is 0 Å². The molecule has 1 aromatic heterocycles. The van der Waals surface area contributed by atoms with Gasteiger partial charge in [-0.3, -0.25) is 4.99 Å². The molecule has 0 atom stereocenters. The minimum Gasteiger partial charge on any atom is -0.370 e. The van der Waals surface area contributed by atoms with Crippen molar-refractivity contribution < 1.29 is 0 Å². The quantitative estimate of drug-likeness (QED) is 0.445. The third-order valence-corrected chi connectivity index (χ3v) is 3.75. The van der Waals surface area contributed by atoms with E-state index in [1.54, 1.807) is 11.3 Å². The van der Waals surface area contributed by atoms with Crippen LogP contribution >= 0.6 is 35.3 Å². The number of guanidine groups is 1. The average molecular weight is 416 g/mol. The number of aliphatic imine (C=N–C) groups is 1. The van der Waals surface area contributed by atoms with Gasteiger partial charge >= 0.3 is 0 Å². The van der Waals surface area contributed by atoms with Crippen LogP contribution in [0.5, 0.6) is 0 Å². The first-order valence-corrected chi connectivity index (χ1v) is 7.62. The van der Waals surface area contributed by atoms with E-state index < -0.39 is 0 Å². The van der Waals surface area contributed by atoms with E-state index in [9.17, 15) is 0 Å². The summed E-state index contributed by atoms with van der Waals surface area (Å²) in [5, 5.41) is 6.28. The van der Waals surface area contributed by atoms with E-state index >= 15 is 0 Å². The number of aryl methyl sites for hydroxylation is 2. The monoisotopic (exact) mass is 416 g/mol. The van der Waals surface area contributed by atoms with Crippen LogP contribution < -0.4 is 11.1 Å². The molecule has 1 aromatic carbocycles. The minimum absolute atomic E-state index is 0. The van der Waals surface area contributed by atoms with Crippen LogP contribution in [0.15, 0.2) is 34.6 Å². The number of nitrogens with one attached hydrogen (secondary N) is 1. The molecule has 0 spiro atoms. The maximum Gasteiger partial charge on any atom is 0.193 e. The van der Waals surface area contributed by atoms with Crippen LogP contribution in [-0.4, -0.2) is 17.5 Å². The molecule has 2 rings (SSSR count). The van der Waals surface area contributed by atoms with Crippen molar-refractivity contribution in [1.82, 2.24) is 4.98 Å². The number of rotatable bonds is 5. The summed E-state index contributed by atoms with van der Waals surface area (Å²) >= 11 is 1.66. The van der Waals surface area contributed by atoms with Gasteiger partial charge in [0, 0.05) is 24.0 Å². The molecule has 0 amide bonds. The second kappa shape index (κ2) is 8.99. The van der Waals surface area contributed by atoms with Crippen LogP contribution in [0.4, 0.5) is 5.69 Å². The molecule has 2 aromatic rings. The number of halogens is 1. The first kappa shape index (κ1) is 17.9. The number of benzene rings is 1. The summed E-state index contributed by atoms with van der Waals surface area (Å²) in [5.41, 5.74) is 9.23. The number of nitrogens with two attached hydrogens (primary N) is 1. The molecule has 0 bridgehead atoms. The summed E-state index contributed by atoms with van der Waals surface area (Å²) in [7, 11) is 0. The van der Waals surface area contributed by atoms with E-state index in [0.717, 1.165) is 29.2 Å². The largest absolute Gasteiger partial charge is 0.370 e. The zero-order valence-corrected chi connectivity index (χ0v) is 15.4. The predicted molar refractivity (Wildman–Crippen MR) is 102 cm³/mol. The van der Waals surface area contributed by atoms with Gasteiger partial charge in [-0.25, -0.2) is 4.98 Å². The molecule has 1 heterocycles. The van der Waals surface area contributed by atoms with Gasteiger partial charge in [0.15, 0.2) is 5.96 Å². The normalized spacial score (nSPS) is 11.0. The average Bonchev–Trinajstić information content (AvgIpc) is 2.84. The van der Waals surface area contributed by atoms with E-state index in [1.165, 1.54) is 5.56 Å². The van der Waals surface area contributed by atoms with Crippen molar-refractivity contribution in [1.29, 1.82) is 0 Å².